The summed E-state index contributed by atoms with van der Waals surface area (Å²) in [4.78, 5) is 15.7. The van der Waals surface area contributed by atoms with Crippen LogP contribution in [0.3, 0.4) is 0 Å². The normalized spacial score (nSPS) is 10.5. The summed E-state index contributed by atoms with van der Waals surface area (Å²) in [5.74, 6) is 0.373. The first-order valence-electron chi connectivity index (χ1n) is 5.58. The SMILES string of the molecule is CCC(CC)CNC(=O)c1cccc(Cl)n1. The molecule has 4 heteroatoms. The number of nitrogens with one attached hydrogen (secondary N) is 1. The molecule has 0 aliphatic carbocycles. The Kier molecular flexibility index (Phi) is 5.26. The zero-order valence-corrected chi connectivity index (χ0v) is 10.4. The Balaban J connectivity index is 2.52. The molecule has 1 aromatic heterocycles. The third kappa shape index (κ3) is 3.81. The summed E-state index contributed by atoms with van der Waals surface area (Å²) in [6.45, 7) is 4.94. The van der Waals surface area contributed by atoms with Crippen LogP contribution in [-0.4, -0.2) is 17.4 Å². The summed E-state index contributed by atoms with van der Waals surface area (Å²) < 4.78 is 0. The summed E-state index contributed by atoms with van der Waals surface area (Å²) in [5.41, 5.74) is 0.374. The molecular formula is C12H17ClN2O. The molecule has 1 N–H and O–H groups in total. The molecule has 0 atom stereocenters. The zero-order chi connectivity index (χ0) is 12.0. The minimum absolute atomic E-state index is 0.158. The fourth-order valence-corrected chi connectivity index (χ4v) is 1.60. The van der Waals surface area contributed by atoms with E-state index >= 15 is 0 Å². The van der Waals surface area contributed by atoms with Gasteiger partial charge in [0.05, 0.1) is 0 Å². The van der Waals surface area contributed by atoms with Crippen molar-refractivity contribution in [3.05, 3.63) is 29.0 Å². The van der Waals surface area contributed by atoms with Crippen molar-refractivity contribution < 1.29 is 4.79 Å². The Morgan fingerprint density at radius 3 is 2.69 bits per heavy atom. The highest BCUT2D eigenvalue weighted by molar-refractivity contribution is 6.29. The first kappa shape index (κ1) is 13.0. The van der Waals surface area contributed by atoms with Crippen molar-refractivity contribution in [1.29, 1.82) is 0 Å². The average molecular weight is 241 g/mol. The van der Waals surface area contributed by atoms with Crippen molar-refractivity contribution in [1.82, 2.24) is 10.3 Å². The van der Waals surface area contributed by atoms with Gasteiger partial charge in [-0.15, -0.1) is 0 Å². The number of carbonyl (C=O) groups is 1. The topological polar surface area (TPSA) is 42.0 Å². The molecule has 0 spiro atoms. The van der Waals surface area contributed by atoms with Crippen LogP contribution >= 0.6 is 11.6 Å². The second-order valence-corrected chi connectivity index (χ2v) is 4.13. The van der Waals surface area contributed by atoms with Crippen LogP contribution in [0.4, 0.5) is 0 Å². The lowest BCUT2D eigenvalue weighted by Crippen LogP contribution is -2.29. The smallest absolute Gasteiger partial charge is 0.269 e. The minimum Gasteiger partial charge on any atom is -0.350 e. The van der Waals surface area contributed by atoms with E-state index in [1.807, 2.05) is 0 Å². The third-order valence-electron chi connectivity index (χ3n) is 2.65. The number of aromatic nitrogens is 1. The monoisotopic (exact) mass is 240 g/mol. The van der Waals surface area contributed by atoms with Crippen molar-refractivity contribution in [3.8, 4) is 0 Å². The van der Waals surface area contributed by atoms with E-state index in [0.717, 1.165) is 12.8 Å². The number of rotatable bonds is 5. The van der Waals surface area contributed by atoms with E-state index in [1.165, 1.54) is 0 Å². The molecule has 1 rings (SSSR count). The molecule has 0 aliphatic rings. The van der Waals surface area contributed by atoms with Gasteiger partial charge >= 0.3 is 0 Å². The van der Waals surface area contributed by atoms with Crippen molar-refractivity contribution in [2.45, 2.75) is 26.7 Å². The molecule has 0 saturated carbocycles. The maximum Gasteiger partial charge on any atom is 0.269 e. The Labute approximate surface area is 101 Å². The minimum atomic E-state index is -0.158. The highest BCUT2D eigenvalue weighted by atomic mass is 35.5. The Hall–Kier alpha value is -1.09. The maximum absolute atomic E-state index is 11.7. The van der Waals surface area contributed by atoms with Crippen molar-refractivity contribution >= 4 is 17.5 Å². The van der Waals surface area contributed by atoms with E-state index in [1.54, 1.807) is 18.2 Å². The molecule has 0 radical (unpaired) electrons. The lowest BCUT2D eigenvalue weighted by atomic mass is 10.0. The van der Waals surface area contributed by atoms with Crippen LogP contribution in [0.15, 0.2) is 18.2 Å². The van der Waals surface area contributed by atoms with Gasteiger partial charge in [-0.05, 0) is 18.1 Å². The summed E-state index contributed by atoms with van der Waals surface area (Å²) in [5, 5.41) is 3.21. The molecule has 1 heterocycles. The zero-order valence-electron chi connectivity index (χ0n) is 9.66. The van der Waals surface area contributed by atoms with Crippen molar-refractivity contribution in [2.24, 2.45) is 5.92 Å². The third-order valence-corrected chi connectivity index (χ3v) is 2.86. The molecule has 16 heavy (non-hydrogen) atoms. The van der Waals surface area contributed by atoms with Crippen LogP contribution in [0.2, 0.25) is 5.15 Å². The molecule has 88 valence electrons. The number of carbonyl (C=O) groups excluding carboxylic acids is 1. The highest BCUT2D eigenvalue weighted by Gasteiger charge is 2.09. The van der Waals surface area contributed by atoms with Crippen LogP contribution in [0.1, 0.15) is 37.2 Å². The Morgan fingerprint density at radius 2 is 2.12 bits per heavy atom. The number of hydrogen-bond acceptors (Lipinski definition) is 2. The van der Waals surface area contributed by atoms with Crippen LogP contribution in [0.5, 0.6) is 0 Å². The number of amides is 1. The van der Waals surface area contributed by atoms with Gasteiger partial charge in [0.2, 0.25) is 0 Å². The molecular weight excluding hydrogens is 224 g/mol. The number of halogens is 1. The van der Waals surface area contributed by atoms with Crippen LogP contribution in [-0.2, 0) is 0 Å². The first-order valence-corrected chi connectivity index (χ1v) is 5.95. The van der Waals surface area contributed by atoms with E-state index in [2.05, 4.69) is 24.1 Å². The second-order valence-electron chi connectivity index (χ2n) is 3.74. The second kappa shape index (κ2) is 6.48. The van der Waals surface area contributed by atoms with Crippen LogP contribution in [0, 0.1) is 5.92 Å². The predicted molar refractivity (Wildman–Crippen MR) is 65.7 cm³/mol. The van der Waals surface area contributed by atoms with Gasteiger partial charge in [0.15, 0.2) is 0 Å². The van der Waals surface area contributed by atoms with E-state index in [0.29, 0.717) is 23.3 Å². The molecule has 0 aromatic carbocycles. The first-order chi connectivity index (χ1) is 7.67. The van der Waals surface area contributed by atoms with E-state index in [-0.39, 0.29) is 5.91 Å². The summed E-state index contributed by atoms with van der Waals surface area (Å²) >= 11 is 5.72. The van der Waals surface area contributed by atoms with Gasteiger partial charge in [0, 0.05) is 6.54 Å². The van der Waals surface area contributed by atoms with Crippen LogP contribution < -0.4 is 5.32 Å². The fourth-order valence-electron chi connectivity index (χ4n) is 1.44. The molecule has 0 aliphatic heterocycles. The molecule has 3 nitrogen and oxygen atoms in total. The Bertz CT molecular complexity index is 351. The largest absolute Gasteiger partial charge is 0.350 e. The lowest BCUT2D eigenvalue weighted by molar-refractivity contribution is 0.0941. The van der Waals surface area contributed by atoms with Gasteiger partial charge in [0.25, 0.3) is 5.91 Å². The predicted octanol–water partition coefficient (Wildman–Crippen LogP) is 2.90. The van der Waals surface area contributed by atoms with Gasteiger partial charge in [0.1, 0.15) is 10.8 Å². The number of pyridine rings is 1. The molecule has 0 bridgehead atoms. The molecule has 0 fully saturated rings. The van der Waals surface area contributed by atoms with Crippen molar-refractivity contribution in [2.75, 3.05) is 6.54 Å². The molecule has 1 aromatic rings. The number of hydrogen-bond donors (Lipinski definition) is 1. The molecule has 0 saturated heterocycles. The maximum atomic E-state index is 11.7. The van der Waals surface area contributed by atoms with Gasteiger partial charge in [-0.3, -0.25) is 4.79 Å². The lowest BCUT2D eigenvalue weighted by Gasteiger charge is -2.12. The van der Waals surface area contributed by atoms with E-state index < -0.39 is 0 Å². The van der Waals surface area contributed by atoms with E-state index in [9.17, 15) is 4.79 Å². The summed E-state index contributed by atoms with van der Waals surface area (Å²) in [6.07, 6.45) is 2.14. The van der Waals surface area contributed by atoms with Gasteiger partial charge < -0.3 is 5.32 Å². The van der Waals surface area contributed by atoms with Crippen LogP contribution in [0.25, 0.3) is 0 Å². The fraction of sp³-hybridized carbons (Fsp3) is 0.500. The van der Waals surface area contributed by atoms with Gasteiger partial charge in [-0.25, -0.2) is 4.98 Å². The van der Waals surface area contributed by atoms with Gasteiger partial charge in [-0.1, -0.05) is 44.4 Å². The quantitative estimate of drug-likeness (QED) is 0.805. The molecule has 0 unspecified atom stereocenters. The van der Waals surface area contributed by atoms with Gasteiger partial charge in [-0.2, -0.15) is 0 Å². The number of nitrogens with zero attached hydrogens (tertiary/aromatic N) is 1. The summed E-state index contributed by atoms with van der Waals surface area (Å²) in [6, 6.07) is 5.04. The summed E-state index contributed by atoms with van der Waals surface area (Å²) in [7, 11) is 0. The average Bonchev–Trinajstić information content (AvgIpc) is 2.30. The van der Waals surface area contributed by atoms with Crippen molar-refractivity contribution in [3.63, 3.8) is 0 Å². The molecule has 1 amide bonds. The highest BCUT2D eigenvalue weighted by Crippen LogP contribution is 2.07. The standard InChI is InChI=1S/C12H17ClN2O/c1-3-9(4-2)8-14-12(16)10-6-5-7-11(13)15-10/h5-7,9H,3-4,8H2,1-2H3,(H,14,16). The Morgan fingerprint density at radius 1 is 1.44 bits per heavy atom. The van der Waals surface area contributed by atoms with E-state index in [4.69, 9.17) is 11.6 Å².